The number of nitrogens with zero attached hydrogens (tertiary/aromatic N) is 1. The van der Waals surface area contributed by atoms with Crippen molar-refractivity contribution in [3.63, 3.8) is 0 Å². The van der Waals surface area contributed by atoms with Gasteiger partial charge in [-0.15, -0.1) is 0 Å². The molecule has 1 aliphatic rings. The first-order valence-electron chi connectivity index (χ1n) is 6.94. The predicted molar refractivity (Wildman–Crippen MR) is 78.2 cm³/mol. The third kappa shape index (κ3) is 3.81. The molecule has 1 aromatic rings. The minimum Gasteiger partial charge on any atom is -0.372 e. The van der Waals surface area contributed by atoms with Gasteiger partial charge in [0.05, 0.1) is 24.3 Å². The van der Waals surface area contributed by atoms with E-state index < -0.39 is 5.82 Å². The van der Waals surface area contributed by atoms with Gasteiger partial charge in [0.15, 0.2) is 0 Å². The highest BCUT2D eigenvalue weighted by Gasteiger charge is 2.28. The third-order valence-electron chi connectivity index (χ3n) is 3.24. The lowest BCUT2D eigenvalue weighted by molar-refractivity contribution is -0.0587. The largest absolute Gasteiger partial charge is 0.372 e. The van der Waals surface area contributed by atoms with Crippen LogP contribution in [0.15, 0.2) is 18.2 Å². The van der Waals surface area contributed by atoms with Crippen molar-refractivity contribution in [1.82, 2.24) is 4.90 Å². The van der Waals surface area contributed by atoms with E-state index in [1.807, 2.05) is 13.8 Å². The monoisotopic (exact) mass is 290 g/mol. The fraction of sp³-hybridized carbons (Fsp3) is 0.438. The average molecular weight is 290 g/mol. The third-order valence-corrected chi connectivity index (χ3v) is 3.24. The summed E-state index contributed by atoms with van der Waals surface area (Å²) >= 11 is 0. The molecule has 1 amide bonds. The molecule has 1 aromatic carbocycles. The van der Waals surface area contributed by atoms with Crippen LogP contribution in [0.1, 0.15) is 29.8 Å². The number of hydrogen-bond donors (Lipinski definition) is 1. The van der Waals surface area contributed by atoms with E-state index in [0.717, 1.165) is 0 Å². The number of nitrogens with two attached hydrogens (primary N) is 1. The van der Waals surface area contributed by atoms with E-state index in [-0.39, 0.29) is 30.2 Å². The van der Waals surface area contributed by atoms with Crippen LogP contribution < -0.4 is 5.73 Å². The number of ether oxygens (including phenoxy) is 1. The molecule has 1 heterocycles. The Labute approximate surface area is 124 Å². The number of morpholine rings is 1. The number of carbonyl (C=O) groups is 1. The molecule has 2 unspecified atom stereocenters. The van der Waals surface area contributed by atoms with E-state index in [0.29, 0.717) is 18.7 Å². The molecular formula is C16H19FN2O2. The Morgan fingerprint density at radius 1 is 1.43 bits per heavy atom. The molecule has 0 spiro atoms. The summed E-state index contributed by atoms with van der Waals surface area (Å²) in [5, 5.41) is 0. The van der Waals surface area contributed by atoms with Crippen molar-refractivity contribution < 1.29 is 13.9 Å². The van der Waals surface area contributed by atoms with Crippen LogP contribution in [0.5, 0.6) is 0 Å². The van der Waals surface area contributed by atoms with Crippen LogP contribution in [0.4, 0.5) is 4.39 Å². The molecule has 0 aromatic heterocycles. The van der Waals surface area contributed by atoms with Gasteiger partial charge < -0.3 is 15.4 Å². The minimum atomic E-state index is -0.537. The van der Waals surface area contributed by atoms with Crippen molar-refractivity contribution in [3.05, 3.63) is 35.1 Å². The molecule has 2 atom stereocenters. The van der Waals surface area contributed by atoms with Crippen LogP contribution in [0.25, 0.3) is 0 Å². The molecular weight excluding hydrogens is 271 g/mol. The van der Waals surface area contributed by atoms with Gasteiger partial charge in [-0.2, -0.15) is 0 Å². The van der Waals surface area contributed by atoms with E-state index in [1.165, 1.54) is 12.1 Å². The summed E-state index contributed by atoms with van der Waals surface area (Å²) in [4.78, 5) is 14.1. The Kier molecular flexibility index (Phi) is 4.94. The molecule has 0 aliphatic carbocycles. The summed E-state index contributed by atoms with van der Waals surface area (Å²) in [7, 11) is 0. The Morgan fingerprint density at radius 2 is 2.10 bits per heavy atom. The van der Waals surface area contributed by atoms with Gasteiger partial charge in [0.1, 0.15) is 5.82 Å². The van der Waals surface area contributed by atoms with Crippen LogP contribution >= 0.6 is 0 Å². The summed E-state index contributed by atoms with van der Waals surface area (Å²) in [6, 6.07) is 4.28. The molecule has 2 rings (SSSR count). The standard InChI is InChI=1S/C16H19FN2O2/c1-11-9-19(10-12(2)21-11)16(20)14-8-13(4-3-7-18)5-6-15(14)17/h5-6,8,11-12H,7,9-10,18H2,1-2H3. The first-order chi connectivity index (χ1) is 10.0. The van der Waals surface area contributed by atoms with E-state index in [1.54, 1.807) is 11.0 Å². The molecule has 0 bridgehead atoms. The molecule has 1 saturated heterocycles. The van der Waals surface area contributed by atoms with Gasteiger partial charge in [-0.1, -0.05) is 11.8 Å². The lowest BCUT2D eigenvalue weighted by atomic mass is 10.1. The fourth-order valence-electron chi connectivity index (χ4n) is 2.43. The van der Waals surface area contributed by atoms with Gasteiger partial charge in [0, 0.05) is 18.7 Å². The van der Waals surface area contributed by atoms with E-state index in [4.69, 9.17) is 10.5 Å². The van der Waals surface area contributed by atoms with Gasteiger partial charge >= 0.3 is 0 Å². The van der Waals surface area contributed by atoms with Gasteiger partial charge in [0.2, 0.25) is 0 Å². The quantitative estimate of drug-likeness (QED) is 0.795. The van der Waals surface area contributed by atoms with E-state index in [2.05, 4.69) is 11.8 Å². The van der Waals surface area contributed by atoms with Crippen LogP contribution in [0, 0.1) is 17.7 Å². The normalized spacial score (nSPS) is 21.6. The summed E-state index contributed by atoms with van der Waals surface area (Å²) in [5.41, 5.74) is 5.94. The Bertz CT molecular complexity index is 582. The smallest absolute Gasteiger partial charge is 0.257 e. The molecule has 1 fully saturated rings. The number of halogens is 1. The Balaban J connectivity index is 2.25. The van der Waals surface area contributed by atoms with Gasteiger partial charge in [0.25, 0.3) is 5.91 Å². The molecule has 0 saturated carbocycles. The topological polar surface area (TPSA) is 55.6 Å². The summed E-state index contributed by atoms with van der Waals surface area (Å²) in [6.07, 6.45) is -0.109. The molecule has 2 N–H and O–H groups in total. The van der Waals surface area contributed by atoms with Crippen LogP contribution in [0.3, 0.4) is 0 Å². The summed E-state index contributed by atoms with van der Waals surface area (Å²) in [5.74, 6) is 4.64. The maximum Gasteiger partial charge on any atom is 0.257 e. The van der Waals surface area contributed by atoms with Crippen molar-refractivity contribution in [1.29, 1.82) is 0 Å². The van der Waals surface area contributed by atoms with Gasteiger partial charge in [-0.05, 0) is 32.0 Å². The van der Waals surface area contributed by atoms with Crippen molar-refractivity contribution in [2.75, 3.05) is 19.6 Å². The Morgan fingerprint density at radius 3 is 2.71 bits per heavy atom. The van der Waals surface area contributed by atoms with Gasteiger partial charge in [-0.3, -0.25) is 4.79 Å². The SMILES string of the molecule is CC1CN(C(=O)c2cc(C#CCN)ccc2F)CC(C)O1. The van der Waals surface area contributed by atoms with Crippen molar-refractivity contribution in [3.8, 4) is 11.8 Å². The second-order valence-electron chi connectivity index (χ2n) is 5.17. The number of benzene rings is 1. The maximum atomic E-state index is 13.9. The van der Waals surface area contributed by atoms with Crippen molar-refractivity contribution >= 4 is 5.91 Å². The second-order valence-corrected chi connectivity index (χ2v) is 5.17. The minimum absolute atomic E-state index is 0.0418. The number of hydrogen-bond acceptors (Lipinski definition) is 3. The summed E-state index contributed by atoms with van der Waals surface area (Å²) < 4.78 is 19.5. The zero-order valence-electron chi connectivity index (χ0n) is 12.2. The first kappa shape index (κ1) is 15.5. The lowest BCUT2D eigenvalue weighted by Gasteiger charge is -2.35. The molecule has 21 heavy (non-hydrogen) atoms. The highest BCUT2D eigenvalue weighted by atomic mass is 19.1. The Hall–Kier alpha value is -1.90. The van der Waals surface area contributed by atoms with Crippen LogP contribution in [-0.2, 0) is 4.74 Å². The van der Waals surface area contributed by atoms with Gasteiger partial charge in [-0.25, -0.2) is 4.39 Å². The number of amides is 1. The number of carbonyl (C=O) groups excluding carboxylic acids is 1. The van der Waals surface area contributed by atoms with Crippen molar-refractivity contribution in [2.45, 2.75) is 26.1 Å². The van der Waals surface area contributed by atoms with Crippen molar-refractivity contribution in [2.24, 2.45) is 5.73 Å². The highest BCUT2D eigenvalue weighted by molar-refractivity contribution is 5.95. The molecule has 1 aliphatic heterocycles. The van der Waals surface area contributed by atoms with Crippen LogP contribution in [-0.4, -0.2) is 42.6 Å². The predicted octanol–water partition coefficient (Wildman–Crippen LogP) is 1.39. The highest BCUT2D eigenvalue weighted by Crippen LogP contribution is 2.17. The molecule has 4 nitrogen and oxygen atoms in total. The van der Waals surface area contributed by atoms with E-state index >= 15 is 0 Å². The molecule has 5 heteroatoms. The number of rotatable bonds is 1. The summed E-state index contributed by atoms with van der Waals surface area (Å²) in [6.45, 7) is 4.94. The average Bonchev–Trinajstić information content (AvgIpc) is 2.44. The molecule has 112 valence electrons. The zero-order chi connectivity index (χ0) is 15.4. The lowest BCUT2D eigenvalue weighted by Crippen LogP contribution is -2.48. The fourth-order valence-corrected chi connectivity index (χ4v) is 2.43. The van der Waals surface area contributed by atoms with Crippen LogP contribution in [0.2, 0.25) is 0 Å². The zero-order valence-corrected chi connectivity index (χ0v) is 12.2. The maximum absolute atomic E-state index is 13.9. The van der Waals surface area contributed by atoms with E-state index in [9.17, 15) is 9.18 Å². The first-order valence-corrected chi connectivity index (χ1v) is 6.94. The molecule has 0 radical (unpaired) electrons. The second kappa shape index (κ2) is 6.70.